The number of nitrogens with zero attached hydrogens (tertiary/aromatic N) is 2. The Kier molecular flexibility index (Phi) is 2.57. The first kappa shape index (κ1) is 10.9. The topological polar surface area (TPSA) is 77.9 Å². The summed E-state index contributed by atoms with van der Waals surface area (Å²) in [4.78, 5) is 36.0. The maximum Gasteiger partial charge on any atom is 0.407 e. The van der Waals surface area contributed by atoms with E-state index < -0.39 is 11.5 Å². The number of rotatable bonds is 2. The van der Waals surface area contributed by atoms with Crippen LogP contribution >= 0.6 is 0 Å². The molecule has 2 fully saturated rings. The minimum absolute atomic E-state index is 0.0663. The van der Waals surface area contributed by atoms with E-state index >= 15 is 0 Å². The van der Waals surface area contributed by atoms with Gasteiger partial charge in [0.2, 0.25) is 5.91 Å². The molecule has 6 heteroatoms. The molecule has 0 aromatic carbocycles. The third-order valence-electron chi connectivity index (χ3n) is 3.52. The molecule has 2 aliphatic rings. The molecule has 1 atom stereocenters. The number of hydrogen-bond donors (Lipinski definition) is 1. The van der Waals surface area contributed by atoms with Gasteiger partial charge in [0.1, 0.15) is 6.29 Å². The molecule has 0 radical (unpaired) electrons. The van der Waals surface area contributed by atoms with Crippen molar-refractivity contribution in [2.45, 2.75) is 12.8 Å². The van der Waals surface area contributed by atoms with Gasteiger partial charge in [-0.15, -0.1) is 0 Å². The zero-order chi connectivity index (χ0) is 11.8. The largest absolute Gasteiger partial charge is 0.465 e. The molecule has 2 rings (SSSR count). The molecule has 2 amide bonds. The van der Waals surface area contributed by atoms with Crippen molar-refractivity contribution in [3.8, 4) is 0 Å². The molecule has 0 aromatic heterocycles. The van der Waals surface area contributed by atoms with Gasteiger partial charge in [-0.2, -0.15) is 0 Å². The van der Waals surface area contributed by atoms with Crippen LogP contribution in [0, 0.1) is 5.41 Å². The van der Waals surface area contributed by atoms with Crippen LogP contribution in [0.5, 0.6) is 0 Å². The highest BCUT2D eigenvalue weighted by molar-refractivity contribution is 5.87. The van der Waals surface area contributed by atoms with Crippen LogP contribution in [0.25, 0.3) is 0 Å². The first-order valence-corrected chi connectivity index (χ1v) is 5.30. The van der Waals surface area contributed by atoms with Crippen LogP contribution in [0.15, 0.2) is 0 Å². The maximum atomic E-state index is 12.0. The van der Waals surface area contributed by atoms with E-state index in [0.29, 0.717) is 32.2 Å². The first-order chi connectivity index (χ1) is 7.59. The summed E-state index contributed by atoms with van der Waals surface area (Å²) in [5, 5.41) is 8.86. The maximum absolute atomic E-state index is 12.0. The lowest BCUT2D eigenvalue weighted by Crippen LogP contribution is -2.38. The third-order valence-corrected chi connectivity index (χ3v) is 3.52. The highest BCUT2D eigenvalue weighted by Gasteiger charge is 2.51. The van der Waals surface area contributed by atoms with E-state index in [1.165, 1.54) is 9.80 Å². The molecule has 0 saturated carbocycles. The summed E-state index contributed by atoms with van der Waals surface area (Å²) < 4.78 is 0. The van der Waals surface area contributed by atoms with E-state index in [1.807, 2.05) is 0 Å². The summed E-state index contributed by atoms with van der Waals surface area (Å²) in [6.45, 7) is 1.37. The zero-order valence-electron chi connectivity index (χ0n) is 8.89. The third kappa shape index (κ3) is 1.54. The van der Waals surface area contributed by atoms with Crippen molar-refractivity contribution in [2.75, 3.05) is 26.2 Å². The molecule has 1 N–H and O–H groups in total. The first-order valence-electron chi connectivity index (χ1n) is 5.30. The molecule has 0 aromatic rings. The molecule has 6 nitrogen and oxygen atoms in total. The van der Waals surface area contributed by atoms with Crippen molar-refractivity contribution in [1.29, 1.82) is 0 Å². The van der Waals surface area contributed by atoms with Crippen LogP contribution in [-0.2, 0) is 9.59 Å². The van der Waals surface area contributed by atoms with Crippen molar-refractivity contribution in [1.82, 2.24) is 9.80 Å². The summed E-state index contributed by atoms with van der Waals surface area (Å²) in [6, 6.07) is 0. The van der Waals surface area contributed by atoms with Crippen LogP contribution in [0.3, 0.4) is 0 Å². The number of carboxylic acid groups (broad SMARTS) is 1. The fourth-order valence-electron chi connectivity index (χ4n) is 2.57. The monoisotopic (exact) mass is 226 g/mol. The molecular formula is C10H14N2O4. The van der Waals surface area contributed by atoms with E-state index in [4.69, 9.17) is 5.11 Å². The van der Waals surface area contributed by atoms with Crippen LogP contribution in [0.4, 0.5) is 4.79 Å². The van der Waals surface area contributed by atoms with E-state index in [2.05, 4.69) is 0 Å². The Balaban J connectivity index is 2.09. The zero-order valence-corrected chi connectivity index (χ0v) is 8.89. The number of likely N-dealkylation sites (tertiary alicyclic amines) is 2. The standard InChI is InChI=1S/C10H14N2O4/c13-6-5-11-3-1-10(8(11)14)2-4-12(7-10)9(15)16/h6H,1-5,7H2,(H,15,16). The van der Waals surface area contributed by atoms with E-state index in [-0.39, 0.29) is 19.0 Å². The van der Waals surface area contributed by atoms with E-state index in [1.54, 1.807) is 0 Å². The van der Waals surface area contributed by atoms with Gasteiger partial charge in [-0.3, -0.25) is 4.79 Å². The Morgan fingerprint density at radius 3 is 2.69 bits per heavy atom. The lowest BCUT2D eigenvalue weighted by Gasteiger charge is -2.21. The summed E-state index contributed by atoms with van der Waals surface area (Å²) in [5.74, 6) is -0.0663. The normalized spacial score (nSPS) is 29.1. The minimum atomic E-state index is -0.974. The second-order valence-corrected chi connectivity index (χ2v) is 4.40. The van der Waals surface area contributed by atoms with Gasteiger partial charge in [0.15, 0.2) is 0 Å². The molecule has 0 bridgehead atoms. The van der Waals surface area contributed by atoms with Crippen LogP contribution in [0.2, 0.25) is 0 Å². The Bertz CT molecular complexity index is 344. The van der Waals surface area contributed by atoms with Gasteiger partial charge in [0, 0.05) is 19.6 Å². The number of carbonyl (C=O) groups is 3. The average Bonchev–Trinajstić information content (AvgIpc) is 2.80. The Labute approximate surface area is 92.8 Å². The average molecular weight is 226 g/mol. The number of aldehydes is 1. The minimum Gasteiger partial charge on any atom is -0.465 e. The predicted molar refractivity (Wildman–Crippen MR) is 53.9 cm³/mol. The second-order valence-electron chi connectivity index (χ2n) is 4.40. The highest BCUT2D eigenvalue weighted by atomic mass is 16.4. The van der Waals surface area contributed by atoms with Gasteiger partial charge in [-0.05, 0) is 12.8 Å². The number of carbonyl (C=O) groups excluding carboxylic acids is 2. The lowest BCUT2D eigenvalue weighted by atomic mass is 9.85. The quantitative estimate of drug-likeness (QED) is 0.661. The summed E-state index contributed by atoms with van der Waals surface area (Å²) in [5.41, 5.74) is -0.554. The molecule has 1 spiro atoms. The molecule has 16 heavy (non-hydrogen) atoms. The molecule has 2 aliphatic heterocycles. The molecule has 0 aliphatic carbocycles. The van der Waals surface area contributed by atoms with E-state index in [0.717, 1.165) is 0 Å². The van der Waals surface area contributed by atoms with Crippen molar-refractivity contribution < 1.29 is 19.5 Å². The Hall–Kier alpha value is -1.59. The fourth-order valence-corrected chi connectivity index (χ4v) is 2.57. The van der Waals surface area contributed by atoms with Crippen molar-refractivity contribution in [3.05, 3.63) is 0 Å². The van der Waals surface area contributed by atoms with Gasteiger partial charge in [0.25, 0.3) is 0 Å². The lowest BCUT2D eigenvalue weighted by molar-refractivity contribution is -0.136. The van der Waals surface area contributed by atoms with Crippen molar-refractivity contribution in [2.24, 2.45) is 5.41 Å². The molecule has 2 saturated heterocycles. The summed E-state index contributed by atoms with van der Waals surface area (Å²) in [6.07, 6.45) is 0.969. The van der Waals surface area contributed by atoms with E-state index in [9.17, 15) is 14.4 Å². The highest BCUT2D eigenvalue weighted by Crippen LogP contribution is 2.40. The number of hydrogen-bond acceptors (Lipinski definition) is 3. The van der Waals surface area contributed by atoms with Gasteiger partial charge in [-0.25, -0.2) is 4.79 Å². The van der Waals surface area contributed by atoms with Gasteiger partial charge in [-0.1, -0.05) is 0 Å². The summed E-state index contributed by atoms with van der Waals surface area (Å²) >= 11 is 0. The SMILES string of the molecule is O=CCN1CCC2(CCN(C(=O)O)C2)C1=O. The Morgan fingerprint density at radius 2 is 2.12 bits per heavy atom. The Morgan fingerprint density at radius 1 is 1.44 bits per heavy atom. The molecule has 88 valence electrons. The smallest absolute Gasteiger partial charge is 0.407 e. The van der Waals surface area contributed by atoms with Gasteiger partial charge < -0.3 is 19.7 Å². The van der Waals surface area contributed by atoms with Crippen LogP contribution < -0.4 is 0 Å². The van der Waals surface area contributed by atoms with Gasteiger partial charge >= 0.3 is 6.09 Å². The van der Waals surface area contributed by atoms with Crippen molar-refractivity contribution >= 4 is 18.3 Å². The van der Waals surface area contributed by atoms with Crippen LogP contribution in [0.1, 0.15) is 12.8 Å². The molecule has 2 heterocycles. The second kappa shape index (κ2) is 3.77. The van der Waals surface area contributed by atoms with Crippen LogP contribution in [-0.4, -0.2) is 59.4 Å². The summed E-state index contributed by atoms with van der Waals surface area (Å²) in [7, 11) is 0. The van der Waals surface area contributed by atoms with Gasteiger partial charge in [0.05, 0.1) is 12.0 Å². The number of amides is 2. The molecule has 1 unspecified atom stereocenters. The fraction of sp³-hybridized carbons (Fsp3) is 0.700. The van der Waals surface area contributed by atoms with Crippen molar-refractivity contribution in [3.63, 3.8) is 0 Å². The predicted octanol–water partition coefficient (Wildman–Crippen LogP) is -0.212. The molecular weight excluding hydrogens is 212 g/mol.